The highest BCUT2D eigenvalue weighted by Gasteiger charge is 2.69. The van der Waals surface area contributed by atoms with E-state index >= 15 is 0 Å². The molecule has 1 N–H and O–H groups in total. The molecular weight excluding hydrogens is 260 g/mol. The minimum atomic E-state index is -1.14. The topological polar surface area (TPSA) is 65.0 Å². The van der Waals surface area contributed by atoms with Gasteiger partial charge in [0.2, 0.25) is 5.79 Å². The van der Waals surface area contributed by atoms with Crippen LogP contribution in [-0.2, 0) is 19.0 Å². The molecule has 0 aromatic carbocycles. The molecule has 0 radical (unpaired) electrons. The number of alkyl halides is 1. The third-order valence-electron chi connectivity index (χ3n) is 4.34. The van der Waals surface area contributed by atoms with Crippen molar-refractivity contribution in [1.29, 1.82) is 0 Å². The number of ether oxygens (including phenoxy) is 3. The zero-order valence-electron chi connectivity index (χ0n) is 10.2. The van der Waals surface area contributed by atoms with Gasteiger partial charge in [0.15, 0.2) is 0 Å². The Bertz CT molecular complexity index is 436. The Morgan fingerprint density at radius 2 is 2.39 bits per heavy atom. The summed E-state index contributed by atoms with van der Waals surface area (Å²) in [5, 5.41) is 10.2. The van der Waals surface area contributed by atoms with E-state index in [0.717, 1.165) is 0 Å². The smallest absolute Gasteiger partial charge is 0.337 e. The molecule has 18 heavy (non-hydrogen) atoms. The van der Waals surface area contributed by atoms with Crippen LogP contribution in [0.5, 0.6) is 0 Å². The van der Waals surface area contributed by atoms with Crippen LogP contribution in [0, 0.1) is 11.8 Å². The molecule has 0 aromatic heterocycles. The van der Waals surface area contributed by atoms with Gasteiger partial charge in [0, 0.05) is 12.8 Å². The van der Waals surface area contributed by atoms with Gasteiger partial charge in [0.1, 0.15) is 5.60 Å². The number of hydrogen-bond donors (Lipinski definition) is 1. The fraction of sp³-hybridized carbons (Fsp3) is 0.750. The van der Waals surface area contributed by atoms with Crippen LogP contribution in [0.3, 0.4) is 0 Å². The lowest BCUT2D eigenvalue weighted by Gasteiger charge is -2.38. The van der Waals surface area contributed by atoms with Crippen molar-refractivity contribution in [3.63, 3.8) is 0 Å². The molecule has 0 bridgehead atoms. The molecule has 2 aliphatic heterocycles. The number of carbonyl (C=O) groups is 1. The maximum atomic E-state index is 11.7. The van der Waals surface area contributed by atoms with Crippen molar-refractivity contribution in [1.82, 2.24) is 0 Å². The van der Waals surface area contributed by atoms with Gasteiger partial charge in [-0.1, -0.05) is 0 Å². The third kappa shape index (κ3) is 1.32. The number of rotatable bonds is 1. The second-order valence-corrected chi connectivity index (χ2v) is 5.79. The average Bonchev–Trinajstić information content (AvgIpc) is 2.77. The van der Waals surface area contributed by atoms with Crippen molar-refractivity contribution in [2.75, 3.05) is 13.7 Å². The fourth-order valence-corrected chi connectivity index (χ4v) is 3.84. The fourth-order valence-electron chi connectivity index (χ4n) is 3.45. The van der Waals surface area contributed by atoms with Crippen molar-refractivity contribution >= 4 is 17.6 Å². The lowest BCUT2D eigenvalue weighted by molar-refractivity contribution is -0.202. The first-order valence-corrected chi connectivity index (χ1v) is 6.32. The van der Waals surface area contributed by atoms with Gasteiger partial charge >= 0.3 is 5.97 Å². The average molecular weight is 275 g/mol. The van der Waals surface area contributed by atoms with Gasteiger partial charge in [-0.05, 0) is 6.42 Å². The standard InChI is InChI=1S/C12H15ClO5/c1-11-9-6(7(4-17-11)10(14)16-2)3-8(13)12(9,15)5-18-11/h4,6,8-9,15H,3,5H2,1-2H3/t6-,8-,9-,11-,12+/m1/s1. The second kappa shape index (κ2) is 3.62. The molecule has 6 heteroatoms. The first kappa shape index (κ1) is 12.3. The summed E-state index contributed by atoms with van der Waals surface area (Å²) >= 11 is 6.23. The Labute approximate surface area is 110 Å². The first-order valence-electron chi connectivity index (χ1n) is 5.89. The molecule has 100 valence electrons. The molecule has 2 heterocycles. The molecule has 3 aliphatic rings. The van der Waals surface area contributed by atoms with Crippen LogP contribution in [-0.4, -0.2) is 41.6 Å². The Morgan fingerprint density at radius 3 is 3.06 bits per heavy atom. The van der Waals surface area contributed by atoms with E-state index in [-0.39, 0.29) is 18.4 Å². The van der Waals surface area contributed by atoms with Gasteiger partial charge in [0.05, 0.1) is 36.8 Å². The van der Waals surface area contributed by atoms with Crippen LogP contribution in [0.2, 0.25) is 0 Å². The molecule has 5 atom stereocenters. The lowest BCUT2D eigenvalue weighted by Crippen LogP contribution is -2.49. The number of hydrogen-bond acceptors (Lipinski definition) is 5. The molecular formula is C12H15ClO5. The van der Waals surface area contributed by atoms with Crippen LogP contribution >= 0.6 is 11.6 Å². The van der Waals surface area contributed by atoms with E-state index < -0.39 is 22.7 Å². The molecule has 0 aromatic rings. The molecule has 1 aliphatic carbocycles. The van der Waals surface area contributed by atoms with Crippen molar-refractivity contribution in [2.24, 2.45) is 11.8 Å². The Hall–Kier alpha value is -0.780. The Balaban J connectivity index is 2.04. The summed E-state index contributed by atoms with van der Waals surface area (Å²) in [6.07, 6.45) is 1.90. The van der Waals surface area contributed by atoms with Crippen molar-refractivity contribution in [3.05, 3.63) is 11.8 Å². The van der Waals surface area contributed by atoms with Gasteiger partial charge in [-0.25, -0.2) is 4.79 Å². The lowest BCUT2D eigenvalue weighted by atomic mass is 9.78. The van der Waals surface area contributed by atoms with Gasteiger partial charge in [-0.3, -0.25) is 0 Å². The summed E-state index contributed by atoms with van der Waals surface area (Å²) in [6, 6.07) is 0. The third-order valence-corrected chi connectivity index (χ3v) is 4.90. The summed E-state index contributed by atoms with van der Waals surface area (Å²) in [5.74, 6) is -1.89. The van der Waals surface area contributed by atoms with E-state index in [1.807, 2.05) is 0 Å². The SMILES string of the molecule is COC(=O)C1=CO[C@]2(C)OC[C@]3(O)[C@H](Cl)C[C@H]1[C@H]23. The maximum absolute atomic E-state index is 11.7. The summed E-state index contributed by atoms with van der Waals surface area (Å²) < 4.78 is 15.8. The van der Waals surface area contributed by atoms with Gasteiger partial charge in [-0.15, -0.1) is 11.6 Å². The van der Waals surface area contributed by atoms with E-state index in [1.54, 1.807) is 6.92 Å². The van der Waals surface area contributed by atoms with E-state index in [9.17, 15) is 9.90 Å². The highest BCUT2D eigenvalue weighted by molar-refractivity contribution is 6.21. The summed E-state index contributed by atoms with van der Waals surface area (Å²) in [7, 11) is 1.32. The summed E-state index contributed by atoms with van der Waals surface area (Å²) in [5.41, 5.74) is -0.721. The summed E-state index contributed by atoms with van der Waals surface area (Å²) in [6.45, 7) is 1.89. The largest absolute Gasteiger partial charge is 0.469 e. The quantitative estimate of drug-likeness (QED) is 0.566. The van der Waals surface area contributed by atoms with E-state index in [2.05, 4.69) is 0 Å². The molecule has 5 nitrogen and oxygen atoms in total. The Kier molecular flexibility index (Phi) is 2.47. The predicted octanol–water partition coefficient (Wildman–Crippen LogP) is 0.794. The highest BCUT2D eigenvalue weighted by atomic mass is 35.5. The van der Waals surface area contributed by atoms with Gasteiger partial charge in [0.25, 0.3) is 0 Å². The maximum Gasteiger partial charge on any atom is 0.337 e. The van der Waals surface area contributed by atoms with Crippen molar-refractivity contribution < 1.29 is 24.1 Å². The predicted molar refractivity (Wildman–Crippen MR) is 61.7 cm³/mol. The zero-order valence-corrected chi connectivity index (χ0v) is 10.9. The number of carbonyl (C=O) groups excluding carboxylic acids is 1. The van der Waals surface area contributed by atoms with E-state index in [1.165, 1.54) is 13.4 Å². The minimum absolute atomic E-state index is 0.126. The van der Waals surface area contributed by atoms with Crippen LogP contribution < -0.4 is 0 Å². The normalized spacial score (nSPS) is 49.3. The molecule has 2 fully saturated rings. The minimum Gasteiger partial charge on any atom is -0.469 e. The van der Waals surface area contributed by atoms with Crippen LogP contribution in [0.15, 0.2) is 11.8 Å². The van der Waals surface area contributed by atoms with Crippen molar-refractivity contribution in [2.45, 2.75) is 30.1 Å². The van der Waals surface area contributed by atoms with E-state index in [4.69, 9.17) is 25.8 Å². The van der Waals surface area contributed by atoms with Crippen LogP contribution in [0.4, 0.5) is 0 Å². The summed E-state index contributed by atoms with van der Waals surface area (Å²) in [4.78, 5) is 11.7. The van der Waals surface area contributed by atoms with Crippen LogP contribution in [0.1, 0.15) is 13.3 Å². The molecule has 0 amide bonds. The number of esters is 1. The van der Waals surface area contributed by atoms with Gasteiger partial charge in [-0.2, -0.15) is 0 Å². The molecule has 0 spiro atoms. The first-order chi connectivity index (χ1) is 8.42. The number of aliphatic hydroxyl groups is 1. The molecule has 1 saturated carbocycles. The zero-order chi connectivity index (χ0) is 13.1. The van der Waals surface area contributed by atoms with Crippen LogP contribution in [0.25, 0.3) is 0 Å². The molecule has 3 rings (SSSR count). The number of methoxy groups -OCH3 is 1. The van der Waals surface area contributed by atoms with Gasteiger partial charge < -0.3 is 19.3 Å². The molecule has 0 unspecified atom stereocenters. The van der Waals surface area contributed by atoms with E-state index in [0.29, 0.717) is 12.0 Å². The Morgan fingerprint density at radius 1 is 1.67 bits per heavy atom. The molecule has 1 saturated heterocycles. The number of halogens is 1. The second-order valence-electron chi connectivity index (χ2n) is 5.27. The highest BCUT2D eigenvalue weighted by Crippen LogP contribution is 2.58. The van der Waals surface area contributed by atoms with Crippen molar-refractivity contribution in [3.8, 4) is 0 Å². The monoisotopic (exact) mass is 274 g/mol.